The lowest BCUT2D eigenvalue weighted by atomic mass is 9.91. The van der Waals surface area contributed by atoms with Gasteiger partial charge in [0.15, 0.2) is 0 Å². The van der Waals surface area contributed by atoms with E-state index in [-0.39, 0.29) is 5.54 Å². The molecule has 0 bridgehead atoms. The number of hydrogen-bond acceptors (Lipinski definition) is 2. The molecule has 72 valence electrons. The molecule has 1 aliphatic carbocycles. The standard InChI is InChI=1S/C10H17N3/c1-8-3-4-10(11,5-8)9-6-12-13(2)7-9/h6-8H,3-5,11H2,1-2H3. The van der Waals surface area contributed by atoms with Crippen molar-refractivity contribution in [1.29, 1.82) is 0 Å². The summed E-state index contributed by atoms with van der Waals surface area (Å²) in [6.45, 7) is 2.27. The predicted octanol–water partition coefficient (Wildman–Crippen LogP) is 1.39. The van der Waals surface area contributed by atoms with Crippen LogP contribution in [-0.2, 0) is 12.6 Å². The van der Waals surface area contributed by atoms with Crippen molar-refractivity contribution >= 4 is 0 Å². The van der Waals surface area contributed by atoms with E-state index in [9.17, 15) is 0 Å². The van der Waals surface area contributed by atoms with Gasteiger partial charge in [-0.25, -0.2) is 0 Å². The summed E-state index contributed by atoms with van der Waals surface area (Å²) in [4.78, 5) is 0. The Morgan fingerprint density at radius 2 is 2.46 bits per heavy atom. The Hall–Kier alpha value is -0.830. The van der Waals surface area contributed by atoms with E-state index in [4.69, 9.17) is 5.73 Å². The minimum absolute atomic E-state index is 0.103. The number of aromatic nitrogens is 2. The zero-order chi connectivity index (χ0) is 9.47. The van der Waals surface area contributed by atoms with Crippen LogP contribution in [0, 0.1) is 5.92 Å². The molecule has 3 heteroatoms. The number of aryl methyl sites for hydroxylation is 1. The molecule has 2 unspecified atom stereocenters. The number of nitrogens with zero attached hydrogens (tertiary/aromatic N) is 2. The second-order valence-corrected chi connectivity index (χ2v) is 4.41. The summed E-state index contributed by atoms with van der Waals surface area (Å²) in [7, 11) is 1.94. The fourth-order valence-electron chi connectivity index (χ4n) is 2.27. The van der Waals surface area contributed by atoms with E-state index in [0.29, 0.717) is 0 Å². The van der Waals surface area contributed by atoms with Gasteiger partial charge in [-0.3, -0.25) is 4.68 Å². The Morgan fingerprint density at radius 3 is 2.92 bits per heavy atom. The summed E-state index contributed by atoms with van der Waals surface area (Å²) in [5.41, 5.74) is 7.42. The van der Waals surface area contributed by atoms with E-state index in [0.717, 1.165) is 18.8 Å². The minimum Gasteiger partial charge on any atom is -0.321 e. The second-order valence-electron chi connectivity index (χ2n) is 4.41. The van der Waals surface area contributed by atoms with Crippen molar-refractivity contribution in [3.05, 3.63) is 18.0 Å². The van der Waals surface area contributed by atoms with E-state index in [1.165, 1.54) is 12.0 Å². The molecule has 2 atom stereocenters. The van der Waals surface area contributed by atoms with E-state index >= 15 is 0 Å². The topological polar surface area (TPSA) is 43.8 Å². The maximum absolute atomic E-state index is 6.33. The third kappa shape index (κ3) is 1.48. The van der Waals surface area contributed by atoms with Crippen LogP contribution in [0.15, 0.2) is 12.4 Å². The molecule has 0 spiro atoms. The molecule has 0 saturated heterocycles. The number of hydrogen-bond donors (Lipinski definition) is 1. The molecule has 13 heavy (non-hydrogen) atoms. The molecule has 2 N–H and O–H groups in total. The summed E-state index contributed by atoms with van der Waals surface area (Å²) >= 11 is 0. The molecular weight excluding hydrogens is 162 g/mol. The summed E-state index contributed by atoms with van der Waals surface area (Å²) in [6.07, 6.45) is 7.38. The van der Waals surface area contributed by atoms with Gasteiger partial charge in [0.2, 0.25) is 0 Å². The first-order valence-electron chi connectivity index (χ1n) is 4.88. The molecule has 0 amide bonds. The lowest BCUT2D eigenvalue weighted by Gasteiger charge is -2.22. The van der Waals surface area contributed by atoms with Crippen molar-refractivity contribution in [1.82, 2.24) is 9.78 Å². The third-order valence-corrected chi connectivity index (χ3v) is 3.08. The van der Waals surface area contributed by atoms with Crippen molar-refractivity contribution in [2.45, 2.75) is 31.7 Å². The van der Waals surface area contributed by atoms with Crippen LogP contribution in [0.5, 0.6) is 0 Å². The van der Waals surface area contributed by atoms with Gasteiger partial charge < -0.3 is 5.73 Å². The van der Waals surface area contributed by atoms with Crippen molar-refractivity contribution < 1.29 is 0 Å². The summed E-state index contributed by atoms with van der Waals surface area (Å²) < 4.78 is 1.83. The molecule has 1 fully saturated rings. The summed E-state index contributed by atoms with van der Waals surface area (Å²) in [5.74, 6) is 0.755. The Bertz CT molecular complexity index is 305. The Kier molecular flexibility index (Phi) is 1.91. The normalized spacial score (nSPS) is 33.9. The highest BCUT2D eigenvalue weighted by atomic mass is 15.2. The monoisotopic (exact) mass is 179 g/mol. The van der Waals surface area contributed by atoms with E-state index in [2.05, 4.69) is 12.0 Å². The molecule has 0 aromatic carbocycles. The van der Waals surface area contributed by atoms with E-state index in [1.54, 1.807) is 0 Å². The fourth-order valence-corrected chi connectivity index (χ4v) is 2.27. The van der Waals surface area contributed by atoms with Crippen LogP contribution in [0.3, 0.4) is 0 Å². The smallest absolute Gasteiger partial charge is 0.0540 e. The second kappa shape index (κ2) is 2.84. The predicted molar refractivity (Wildman–Crippen MR) is 52.1 cm³/mol. The third-order valence-electron chi connectivity index (χ3n) is 3.08. The lowest BCUT2D eigenvalue weighted by Crippen LogP contribution is -2.33. The quantitative estimate of drug-likeness (QED) is 0.708. The fraction of sp³-hybridized carbons (Fsp3) is 0.700. The van der Waals surface area contributed by atoms with Crippen LogP contribution in [0.2, 0.25) is 0 Å². The van der Waals surface area contributed by atoms with E-state index in [1.807, 2.05) is 24.1 Å². The highest BCUT2D eigenvalue weighted by molar-refractivity contribution is 5.19. The van der Waals surface area contributed by atoms with Crippen LogP contribution < -0.4 is 5.73 Å². The molecule has 1 aliphatic rings. The van der Waals surface area contributed by atoms with E-state index < -0.39 is 0 Å². The molecular formula is C10H17N3. The maximum atomic E-state index is 6.33. The highest BCUT2D eigenvalue weighted by Crippen LogP contribution is 2.39. The van der Waals surface area contributed by atoms with Gasteiger partial charge in [0.1, 0.15) is 0 Å². The van der Waals surface area contributed by atoms with Gasteiger partial charge in [0.25, 0.3) is 0 Å². The first-order chi connectivity index (χ1) is 6.10. The van der Waals surface area contributed by atoms with Crippen LogP contribution in [-0.4, -0.2) is 9.78 Å². The first kappa shape index (κ1) is 8.75. The molecule has 1 saturated carbocycles. The van der Waals surface area contributed by atoms with Crippen molar-refractivity contribution in [2.24, 2.45) is 18.7 Å². The largest absolute Gasteiger partial charge is 0.321 e. The van der Waals surface area contributed by atoms with Gasteiger partial charge in [0.05, 0.1) is 6.20 Å². The van der Waals surface area contributed by atoms with Crippen LogP contribution >= 0.6 is 0 Å². The van der Waals surface area contributed by atoms with Gasteiger partial charge in [-0.15, -0.1) is 0 Å². The zero-order valence-electron chi connectivity index (χ0n) is 8.33. The maximum Gasteiger partial charge on any atom is 0.0540 e. The van der Waals surface area contributed by atoms with Crippen LogP contribution in [0.25, 0.3) is 0 Å². The average Bonchev–Trinajstić information content (AvgIpc) is 2.60. The molecule has 1 heterocycles. The van der Waals surface area contributed by atoms with Gasteiger partial charge in [-0.1, -0.05) is 6.92 Å². The van der Waals surface area contributed by atoms with Crippen molar-refractivity contribution in [3.63, 3.8) is 0 Å². The zero-order valence-corrected chi connectivity index (χ0v) is 8.33. The Morgan fingerprint density at radius 1 is 1.69 bits per heavy atom. The van der Waals surface area contributed by atoms with Gasteiger partial charge in [-0.2, -0.15) is 5.10 Å². The molecule has 3 nitrogen and oxygen atoms in total. The van der Waals surface area contributed by atoms with Gasteiger partial charge in [0, 0.05) is 24.3 Å². The SMILES string of the molecule is CC1CCC(N)(c2cnn(C)c2)C1. The van der Waals surface area contributed by atoms with Crippen molar-refractivity contribution in [3.8, 4) is 0 Å². The average molecular weight is 179 g/mol. The minimum atomic E-state index is -0.103. The van der Waals surface area contributed by atoms with Gasteiger partial charge in [-0.05, 0) is 25.2 Å². The Balaban J connectivity index is 2.25. The molecule has 0 radical (unpaired) electrons. The molecule has 0 aliphatic heterocycles. The molecule has 1 aromatic rings. The Labute approximate surface area is 78.9 Å². The van der Waals surface area contributed by atoms with Gasteiger partial charge >= 0.3 is 0 Å². The number of nitrogens with two attached hydrogens (primary N) is 1. The molecule has 2 rings (SSSR count). The van der Waals surface area contributed by atoms with Crippen LogP contribution in [0.1, 0.15) is 31.7 Å². The summed E-state index contributed by atoms with van der Waals surface area (Å²) in [6, 6.07) is 0. The molecule has 1 aromatic heterocycles. The number of rotatable bonds is 1. The summed E-state index contributed by atoms with van der Waals surface area (Å²) in [5, 5.41) is 4.17. The first-order valence-corrected chi connectivity index (χ1v) is 4.88. The lowest BCUT2D eigenvalue weighted by molar-refractivity contribution is 0.440. The van der Waals surface area contributed by atoms with Crippen molar-refractivity contribution in [2.75, 3.05) is 0 Å². The van der Waals surface area contributed by atoms with Crippen LogP contribution in [0.4, 0.5) is 0 Å². The highest BCUT2D eigenvalue weighted by Gasteiger charge is 2.35.